The van der Waals surface area contributed by atoms with Gasteiger partial charge in [-0.1, -0.05) is 0 Å². The number of ether oxygens (including phenoxy) is 2. The van der Waals surface area contributed by atoms with E-state index in [-0.39, 0.29) is 16.8 Å². The fourth-order valence-electron chi connectivity index (χ4n) is 1.88. The van der Waals surface area contributed by atoms with Gasteiger partial charge in [-0.2, -0.15) is 0 Å². The van der Waals surface area contributed by atoms with Crippen molar-refractivity contribution >= 4 is 27.9 Å². The number of hydrazine groups is 1. The first-order valence-corrected chi connectivity index (χ1v) is 8.66. The van der Waals surface area contributed by atoms with E-state index >= 15 is 0 Å². The van der Waals surface area contributed by atoms with Crippen molar-refractivity contribution < 1.29 is 32.3 Å². The third-order valence-electron chi connectivity index (χ3n) is 3.15. The second-order valence-electron chi connectivity index (χ2n) is 4.88. The van der Waals surface area contributed by atoms with Gasteiger partial charge in [0.2, 0.25) is 0 Å². The van der Waals surface area contributed by atoms with Gasteiger partial charge in [0.1, 0.15) is 5.69 Å². The highest BCUT2D eigenvalue weighted by Crippen LogP contribution is 2.17. The highest BCUT2D eigenvalue weighted by molar-refractivity contribution is 7.89. The van der Waals surface area contributed by atoms with E-state index in [0.29, 0.717) is 0 Å². The zero-order valence-corrected chi connectivity index (χ0v) is 14.9. The van der Waals surface area contributed by atoms with Crippen molar-refractivity contribution in [3.63, 3.8) is 0 Å². The number of hydrogen-bond acceptors (Lipinski definition) is 9. The predicted molar refractivity (Wildman–Crippen MR) is 88.9 cm³/mol. The molecule has 27 heavy (non-hydrogen) atoms. The molecule has 142 valence electrons. The van der Waals surface area contributed by atoms with Crippen molar-refractivity contribution in [3.05, 3.63) is 53.6 Å². The minimum absolute atomic E-state index is 0.126. The van der Waals surface area contributed by atoms with Crippen LogP contribution in [0.25, 0.3) is 0 Å². The van der Waals surface area contributed by atoms with E-state index in [1.54, 1.807) is 0 Å². The van der Waals surface area contributed by atoms with Gasteiger partial charge in [-0.25, -0.2) is 23.0 Å². The van der Waals surface area contributed by atoms with Crippen LogP contribution in [0, 0.1) is 0 Å². The Morgan fingerprint density at radius 3 is 2.04 bits per heavy atom. The van der Waals surface area contributed by atoms with Gasteiger partial charge >= 0.3 is 11.9 Å². The van der Waals surface area contributed by atoms with Gasteiger partial charge < -0.3 is 9.47 Å². The average Bonchev–Trinajstić information content (AvgIpc) is 2.71. The van der Waals surface area contributed by atoms with E-state index in [1.807, 2.05) is 10.3 Å². The maximum Gasteiger partial charge on any atom is 0.337 e. The summed E-state index contributed by atoms with van der Waals surface area (Å²) in [7, 11) is -2.14. The molecule has 0 aliphatic carbocycles. The molecule has 0 aliphatic rings. The highest BCUT2D eigenvalue weighted by atomic mass is 32.2. The number of rotatable bonds is 6. The van der Waals surface area contributed by atoms with Crippen LogP contribution in [0.3, 0.4) is 0 Å². The fraction of sp³-hybridized carbons (Fsp3) is 0.133. The lowest BCUT2D eigenvalue weighted by Crippen LogP contribution is -2.42. The summed E-state index contributed by atoms with van der Waals surface area (Å²) in [6.45, 7) is 0. The maximum atomic E-state index is 12.4. The summed E-state index contributed by atoms with van der Waals surface area (Å²) in [5.41, 5.74) is 1.44. The first kappa shape index (κ1) is 19.9. The second-order valence-corrected chi connectivity index (χ2v) is 6.56. The summed E-state index contributed by atoms with van der Waals surface area (Å²) in [6, 6.07) is 3.08. The summed E-state index contributed by atoms with van der Waals surface area (Å²) in [5, 5.41) is 0. The lowest BCUT2D eigenvalue weighted by molar-refractivity contribution is 0.0598. The molecule has 2 rings (SSSR count). The molecule has 0 fully saturated rings. The number of sulfonamides is 1. The molecule has 0 bridgehead atoms. The number of nitrogens with one attached hydrogen (secondary N) is 2. The lowest BCUT2D eigenvalue weighted by Gasteiger charge is -2.10. The summed E-state index contributed by atoms with van der Waals surface area (Å²) in [4.78, 5) is 44.1. The van der Waals surface area contributed by atoms with E-state index in [0.717, 1.165) is 38.6 Å². The molecule has 1 aromatic heterocycles. The molecule has 12 heteroatoms. The molecule has 11 nitrogen and oxygen atoms in total. The Kier molecular flexibility index (Phi) is 6.15. The Bertz CT molecular complexity index is 943. The average molecular weight is 394 g/mol. The van der Waals surface area contributed by atoms with Gasteiger partial charge in [0.15, 0.2) is 0 Å². The number of nitrogens with zero attached hydrogens (tertiary/aromatic N) is 2. The number of benzene rings is 1. The number of methoxy groups -OCH3 is 2. The molecule has 2 aromatic rings. The third kappa shape index (κ3) is 4.83. The van der Waals surface area contributed by atoms with E-state index in [4.69, 9.17) is 0 Å². The molecule has 0 atom stereocenters. The van der Waals surface area contributed by atoms with Crippen molar-refractivity contribution in [2.75, 3.05) is 14.2 Å². The molecule has 0 aliphatic heterocycles. The lowest BCUT2D eigenvalue weighted by atomic mass is 10.1. The van der Waals surface area contributed by atoms with Crippen molar-refractivity contribution in [2.45, 2.75) is 4.90 Å². The molecule has 1 amide bonds. The van der Waals surface area contributed by atoms with Crippen LogP contribution in [0.1, 0.15) is 31.2 Å². The topological polar surface area (TPSA) is 154 Å². The van der Waals surface area contributed by atoms with Crippen molar-refractivity contribution in [1.29, 1.82) is 0 Å². The van der Waals surface area contributed by atoms with E-state index < -0.39 is 32.8 Å². The Hall–Kier alpha value is -3.38. The molecule has 1 heterocycles. The predicted octanol–water partition coefficient (Wildman–Crippen LogP) is -0.327. The maximum absolute atomic E-state index is 12.4. The number of carbonyl (C=O) groups is 3. The number of carbonyl (C=O) groups excluding carboxylic acids is 3. The molecule has 0 saturated heterocycles. The molecular weight excluding hydrogens is 380 g/mol. The number of esters is 2. The highest BCUT2D eigenvalue weighted by Gasteiger charge is 2.22. The van der Waals surface area contributed by atoms with Gasteiger partial charge in [-0.15, -0.1) is 4.83 Å². The van der Waals surface area contributed by atoms with E-state index in [1.165, 1.54) is 12.4 Å². The van der Waals surface area contributed by atoms with Crippen LogP contribution in [0.15, 0.2) is 41.7 Å². The molecular formula is C15H14N4O7S. The molecule has 2 N–H and O–H groups in total. The van der Waals surface area contributed by atoms with Crippen LogP contribution in [-0.2, 0) is 19.5 Å². The summed E-state index contributed by atoms with van der Waals surface area (Å²) >= 11 is 0. The molecule has 0 unspecified atom stereocenters. The van der Waals surface area contributed by atoms with Gasteiger partial charge in [0.25, 0.3) is 15.9 Å². The SMILES string of the molecule is COC(=O)c1cc(C(=O)OC)cc(S(=O)(=O)NNC(=O)c2cnccn2)c1. The van der Waals surface area contributed by atoms with E-state index in [2.05, 4.69) is 19.4 Å². The van der Waals surface area contributed by atoms with Gasteiger partial charge in [-0.3, -0.25) is 15.2 Å². The minimum Gasteiger partial charge on any atom is -0.465 e. The smallest absolute Gasteiger partial charge is 0.337 e. The first-order chi connectivity index (χ1) is 12.8. The Labute approximate surface area is 153 Å². The van der Waals surface area contributed by atoms with Crippen LogP contribution in [0.4, 0.5) is 0 Å². The number of amides is 1. The molecule has 1 aromatic carbocycles. The second kappa shape index (κ2) is 8.33. The van der Waals surface area contributed by atoms with Gasteiger partial charge in [0.05, 0.1) is 36.4 Å². The van der Waals surface area contributed by atoms with E-state index in [9.17, 15) is 22.8 Å². The standard InChI is InChI=1S/C15H14N4O7S/c1-25-14(21)9-5-10(15(22)26-2)7-11(6-9)27(23,24)19-18-13(20)12-8-16-3-4-17-12/h3-8,19H,1-2H3,(H,18,20). The molecule has 0 radical (unpaired) electrons. The number of aromatic nitrogens is 2. The minimum atomic E-state index is -4.34. The Balaban J connectivity index is 2.32. The third-order valence-corrected chi connectivity index (χ3v) is 4.38. The fourth-order valence-corrected chi connectivity index (χ4v) is 2.79. The monoisotopic (exact) mass is 394 g/mol. The summed E-state index contributed by atoms with van der Waals surface area (Å²) < 4.78 is 33.9. The number of hydrogen-bond donors (Lipinski definition) is 2. The quantitative estimate of drug-likeness (QED) is 0.495. The largest absolute Gasteiger partial charge is 0.465 e. The summed E-state index contributed by atoms with van der Waals surface area (Å²) in [6.07, 6.45) is 3.73. The summed E-state index contributed by atoms with van der Waals surface area (Å²) in [5.74, 6) is -2.58. The molecule has 0 spiro atoms. The first-order valence-electron chi connectivity index (χ1n) is 7.18. The normalized spacial score (nSPS) is 10.7. The van der Waals surface area contributed by atoms with Gasteiger partial charge in [-0.05, 0) is 18.2 Å². The Morgan fingerprint density at radius 2 is 1.56 bits per heavy atom. The van der Waals surface area contributed by atoms with Crippen molar-refractivity contribution in [2.24, 2.45) is 0 Å². The molecule has 0 saturated carbocycles. The van der Waals surface area contributed by atoms with Crippen LogP contribution in [0.2, 0.25) is 0 Å². The van der Waals surface area contributed by atoms with Crippen LogP contribution in [0.5, 0.6) is 0 Å². The van der Waals surface area contributed by atoms with Crippen LogP contribution < -0.4 is 10.3 Å². The zero-order chi connectivity index (χ0) is 20.0. The van der Waals surface area contributed by atoms with Crippen LogP contribution >= 0.6 is 0 Å². The van der Waals surface area contributed by atoms with Crippen LogP contribution in [-0.4, -0.2) is 50.5 Å². The van der Waals surface area contributed by atoms with Crippen molar-refractivity contribution in [3.8, 4) is 0 Å². The van der Waals surface area contributed by atoms with Gasteiger partial charge in [0, 0.05) is 12.4 Å². The Morgan fingerprint density at radius 1 is 0.963 bits per heavy atom. The van der Waals surface area contributed by atoms with Crippen molar-refractivity contribution in [1.82, 2.24) is 20.2 Å². The zero-order valence-electron chi connectivity index (χ0n) is 14.1.